The highest BCUT2D eigenvalue weighted by atomic mass is 32.2. The van der Waals surface area contributed by atoms with E-state index in [0.29, 0.717) is 12.1 Å². The third-order valence-corrected chi connectivity index (χ3v) is 4.79. The number of fused-ring (bicyclic) bond motifs is 1. The predicted molar refractivity (Wildman–Crippen MR) is 97.1 cm³/mol. The minimum Gasteiger partial charge on any atom is -0.357 e. The zero-order valence-electron chi connectivity index (χ0n) is 13.1. The summed E-state index contributed by atoms with van der Waals surface area (Å²) in [6.45, 7) is 5.67. The Kier molecular flexibility index (Phi) is 4.68. The van der Waals surface area contributed by atoms with Gasteiger partial charge in [-0.15, -0.1) is 11.8 Å². The van der Waals surface area contributed by atoms with Crippen LogP contribution in [0, 0.1) is 0 Å². The SMILES string of the molecule is C=C(C)NC1=Cc2cccc(CSc3ccccc3)c2CC1=O. The minimum absolute atomic E-state index is 0.123. The zero-order chi connectivity index (χ0) is 16.2. The molecule has 0 fully saturated rings. The lowest BCUT2D eigenvalue weighted by molar-refractivity contribution is -0.115. The van der Waals surface area contributed by atoms with Crippen molar-refractivity contribution in [3.63, 3.8) is 0 Å². The summed E-state index contributed by atoms with van der Waals surface area (Å²) in [4.78, 5) is 13.6. The van der Waals surface area contributed by atoms with Crippen molar-refractivity contribution in [3.8, 4) is 0 Å². The second-order valence-corrected chi connectivity index (χ2v) is 6.70. The molecule has 0 radical (unpaired) electrons. The Hall–Kier alpha value is -2.26. The van der Waals surface area contributed by atoms with Gasteiger partial charge in [-0.2, -0.15) is 0 Å². The Morgan fingerprint density at radius 3 is 2.70 bits per heavy atom. The largest absolute Gasteiger partial charge is 0.357 e. The summed E-state index contributed by atoms with van der Waals surface area (Å²) >= 11 is 1.80. The van der Waals surface area contributed by atoms with Crippen LogP contribution in [0.5, 0.6) is 0 Å². The van der Waals surface area contributed by atoms with Crippen LogP contribution in [0.15, 0.2) is 71.4 Å². The summed E-state index contributed by atoms with van der Waals surface area (Å²) in [5, 5.41) is 3.06. The summed E-state index contributed by atoms with van der Waals surface area (Å²) in [6, 6.07) is 16.6. The van der Waals surface area contributed by atoms with Crippen LogP contribution in [0.2, 0.25) is 0 Å². The Bertz CT molecular complexity index is 777. The zero-order valence-corrected chi connectivity index (χ0v) is 14.0. The number of Topliss-reactive ketones (excluding diaryl/α,β-unsaturated/α-hetero) is 1. The van der Waals surface area contributed by atoms with E-state index in [1.807, 2.05) is 31.2 Å². The van der Waals surface area contributed by atoms with Crippen molar-refractivity contribution in [2.24, 2.45) is 0 Å². The molecular formula is C20H19NOS. The molecule has 116 valence electrons. The molecule has 1 N–H and O–H groups in total. The van der Waals surface area contributed by atoms with Crippen LogP contribution in [0.1, 0.15) is 23.6 Å². The molecule has 0 saturated carbocycles. The third-order valence-electron chi connectivity index (χ3n) is 3.73. The Morgan fingerprint density at radius 1 is 1.17 bits per heavy atom. The molecule has 3 heteroatoms. The molecule has 0 spiro atoms. The van der Waals surface area contributed by atoms with Gasteiger partial charge in [0.2, 0.25) is 0 Å². The highest BCUT2D eigenvalue weighted by Gasteiger charge is 2.20. The van der Waals surface area contributed by atoms with E-state index in [4.69, 9.17) is 0 Å². The number of hydrogen-bond acceptors (Lipinski definition) is 3. The van der Waals surface area contributed by atoms with Crippen molar-refractivity contribution in [1.29, 1.82) is 0 Å². The van der Waals surface area contributed by atoms with Crippen molar-refractivity contribution >= 4 is 23.6 Å². The van der Waals surface area contributed by atoms with E-state index >= 15 is 0 Å². The fraction of sp³-hybridized carbons (Fsp3) is 0.150. The standard InChI is InChI=1S/C20H19NOS/c1-14(2)21-19-11-15-7-6-8-16(18(15)12-20(19)22)13-23-17-9-4-3-5-10-17/h3-11,21H,1,12-13H2,2H3. The van der Waals surface area contributed by atoms with Crippen molar-refractivity contribution in [2.45, 2.75) is 24.0 Å². The van der Waals surface area contributed by atoms with Gasteiger partial charge in [0.05, 0.1) is 5.70 Å². The molecule has 2 aromatic carbocycles. The average Bonchev–Trinajstić information content (AvgIpc) is 2.54. The number of thioether (sulfide) groups is 1. The van der Waals surface area contributed by atoms with Crippen LogP contribution in [-0.4, -0.2) is 5.78 Å². The summed E-state index contributed by atoms with van der Waals surface area (Å²) in [5.41, 5.74) is 4.92. The predicted octanol–water partition coefficient (Wildman–Crippen LogP) is 4.57. The van der Waals surface area contributed by atoms with Gasteiger partial charge in [0.25, 0.3) is 0 Å². The molecule has 0 saturated heterocycles. The molecule has 0 atom stereocenters. The molecule has 2 aromatic rings. The smallest absolute Gasteiger partial charge is 0.183 e. The first-order valence-corrected chi connectivity index (χ1v) is 8.58. The van der Waals surface area contributed by atoms with Crippen molar-refractivity contribution in [2.75, 3.05) is 0 Å². The number of rotatable bonds is 5. The van der Waals surface area contributed by atoms with Crippen molar-refractivity contribution in [1.82, 2.24) is 5.32 Å². The average molecular weight is 321 g/mol. The maximum Gasteiger partial charge on any atom is 0.183 e. The summed E-state index contributed by atoms with van der Waals surface area (Å²) < 4.78 is 0. The highest BCUT2D eigenvalue weighted by molar-refractivity contribution is 7.98. The van der Waals surface area contributed by atoms with Gasteiger partial charge in [-0.25, -0.2) is 0 Å². The second kappa shape index (κ2) is 6.88. The summed E-state index contributed by atoms with van der Waals surface area (Å²) in [5.74, 6) is 0.995. The first-order chi connectivity index (χ1) is 11.1. The van der Waals surface area contributed by atoms with E-state index in [1.54, 1.807) is 11.8 Å². The molecule has 1 aliphatic rings. The Balaban J connectivity index is 1.84. The van der Waals surface area contributed by atoms with Gasteiger partial charge in [0, 0.05) is 22.8 Å². The van der Waals surface area contributed by atoms with Crippen LogP contribution >= 0.6 is 11.8 Å². The minimum atomic E-state index is 0.123. The number of carbonyl (C=O) groups excluding carboxylic acids is 1. The van der Waals surface area contributed by atoms with E-state index in [2.05, 4.69) is 42.2 Å². The number of allylic oxidation sites excluding steroid dienone is 2. The van der Waals surface area contributed by atoms with Crippen LogP contribution in [0.25, 0.3) is 6.08 Å². The molecule has 0 heterocycles. The molecular weight excluding hydrogens is 302 g/mol. The van der Waals surface area contributed by atoms with Crippen molar-refractivity contribution < 1.29 is 4.79 Å². The molecule has 0 aliphatic heterocycles. The monoisotopic (exact) mass is 321 g/mol. The topological polar surface area (TPSA) is 29.1 Å². The first kappa shape index (κ1) is 15.6. The fourth-order valence-electron chi connectivity index (χ4n) is 2.65. The van der Waals surface area contributed by atoms with Gasteiger partial charge in [-0.3, -0.25) is 4.79 Å². The van der Waals surface area contributed by atoms with E-state index in [9.17, 15) is 4.79 Å². The molecule has 0 unspecified atom stereocenters. The molecule has 3 rings (SSSR count). The van der Waals surface area contributed by atoms with Gasteiger partial charge >= 0.3 is 0 Å². The van der Waals surface area contributed by atoms with Crippen LogP contribution in [0.4, 0.5) is 0 Å². The van der Waals surface area contributed by atoms with Gasteiger partial charge in [-0.1, -0.05) is 43.0 Å². The van der Waals surface area contributed by atoms with Crippen LogP contribution in [-0.2, 0) is 17.0 Å². The summed E-state index contributed by atoms with van der Waals surface area (Å²) in [7, 11) is 0. The van der Waals surface area contributed by atoms with E-state index in [-0.39, 0.29) is 5.78 Å². The normalized spacial score (nSPS) is 13.3. The second-order valence-electron chi connectivity index (χ2n) is 5.65. The van der Waals surface area contributed by atoms with E-state index < -0.39 is 0 Å². The quantitative estimate of drug-likeness (QED) is 0.818. The lowest BCUT2D eigenvalue weighted by Crippen LogP contribution is -2.23. The number of nitrogens with one attached hydrogen (secondary N) is 1. The lowest BCUT2D eigenvalue weighted by Gasteiger charge is -2.19. The first-order valence-electron chi connectivity index (χ1n) is 7.59. The molecule has 0 aromatic heterocycles. The van der Waals surface area contributed by atoms with Gasteiger partial charge in [0.1, 0.15) is 0 Å². The number of benzene rings is 2. The molecule has 1 aliphatic carbocycles. The number of ketones is 1. The van der Waals surface area contributed by atoms with E-state index in [0.717, 1.165) is 22.6 Å². The molecule has 23 heavy (non-hydrogen) atoms. The Morgan fingerprint density at radius 2 is 1.96 bits per heavy atom. The maximum atomic E-state index is 12.3. The highest BCUT2D eigenvalue weighted by Crippen LogP contribution is 2.29. The van der Waals surface area contributed by atoms with Crippen LogP contribution < -0.4 is 5.32 Å². The lowest BCUT2D eigenvalue weighted by atomic mass is 9.91. The van der Waals surface area contributed by atoms with Crippen molar-refractivity contribution in [3.05, 3.63) is 83.2 Å². The third kappa shape index (κ3) is 3.74. The van der Waals surface area contributed by atoms with Gasteiger partial charge in [-0.05, 0) is 41.8 Å². The maximum absolute atomic E-state index is 12.3. The molecule has 0 bridgehead atoms. The summed E-state index contributed by atoms with van der Waals surface area (Å²) in [6.07, 6.45) is 2.39. The van der Waals surface area contributed by atoms with Crippen LogP contribution in [0.3, 0.4) is 0 Å². The van der Waals surface area contributed by atoms with E-state index in [1.165, 1.54) is 10.5 Å². The van der Waals surface area contributed by atoms with Gasteiger partial charge in [0.15, 0.2) is 5.78 Å². The number of carbonyl (C=O) groups is 1. The number of hydrogen-bond donors (Lipinski definition) is 1. The molecule has 2 nitrogen and oxygen atoms in total. The Labute approximate surface area is 141 Å². The van der Waals surface area contributed by atoms with Gasteiger partial charge < -0.3 is 5.32 Å². The fourth-order valence-corrected chi connectivity index (χ4v) is 3.59. The molecule has 0 amide bonds.